The van der Waals surface area contributed by atoms with Gasteiger partial charge in [0.05, 0.1) is 18.8 Å². The molecule has 1 saturated carbocycles. The molecule has 2 rings (SSSR count). The van der Waals surface area contributed by atoms with Crippen LogP contribution in [0.2, 0.25) is 0 Å². The van der Waals surface area contributed by atoms with E-state index in [9.17, 15) is 9.59 Å². The van der Waals surface area contributed by atoms with Crippen LogP contribution in [0.1, 0.15) is 25.5 Å². The second-order valence-corrected chi connectivity index (χ2v) is 6.49. The van der Waals surface area contributed by atoms with Gasteiger partial charge >= 0.3 is 12.0 Å². The lowest BCUT2D eigenvalue weighted by Crippen LogP contribution is -2.56. The summed E-state index contributed by atoms with van der Waals surface area (Å²) in [4.78, 5) is 31.1. The smallest absolute Gasteiger partial charge is 0.317 e. The van der Waals surface area contributed by atoms with Gasteiger partial charge in [-0.25, -0.2) is 9.78 Å². The van der Waals surface area contributed by atoms with Gasteiger partial charge in [0.25, 0.3) is 0 Å². The quantitative estimate of drug-likeness (QED) is 0.645. The van der Waals surface area contributed by atoms with Gasteiger partial charge in [-0.3, -0.25) is 9.69 Å². The summed E-state index contributed by atoms with van der Waals surface area (Å²) in [6.07, 6.45) is 1.56. The van der Waals surface area contributed by atoms with Gasteiger partial charge in [-0.1, -0.05) is 13.0 Å². The summed E-state index contributed by atoms with van der Waals surface area (Å²) < 4.78 is 0. The number of carboxylic acids is 1. The fourth-order valence-electron chi connectivity index (χ4n) is 2.90. The molecule has 1 aliphatic carbocycles. The zero-order valence-corrected chi connectivity index (χ0v) is 15.0. The fraction of sp³-hybridized carbons (Fsp3) is 0.588. The van der Waals surface area contributed by atoms with E-state index in [-0.39, 0.29) is 24.7 Å². The molecule has 1 heterocycles. The third-order valence-corrected chi connectivity index (χ3v) is 4.39. The van der Waals surface area contributed by atoms with E-state index >= 15 is 0 Å². The number of aromatic nitrogens is 1. The number of carbonyl (C=O) groups is 2. The summed E-state index contributed by atoms with van der Waals surface area (Å²) in [7, 11) is 3.84. The van der Waals surface area contributed by atoms with Crippen molar-refractivity contribution in [2.24, 2.45) is 0 Å². The number of rotatable bonds is 8. The molecule has 1 aromatic heterocycles. The average molecular weight is 349 g/mol. The molecule has 8 heteroatoms. The Morgan fingerprint density at radius 2 is 2.04 bits per heavy atom. The molecule has 0 spiro atoms. The Kier molecular flexibility index (Phi) is 6.58. The molecule has 2 amide bonds. The second kappa shape index (κ2) is 8.66. The van der Waals surface area contributed by atoms with Crippen LogP contribution < -0.4 is 15.5 Å². The number of pyridine rings is 1. The number of likely N-dealkylation sites (N-methyl/N-ethyl adjacent to an activating group) is 1. The first-order valence-electron chi connectivity index (χ1n) is 8.52. The first-order valence-corrected chi connectivity index (χ1v) is 8.52. The first-order chi connectivity index (χ1) is 11.9. The van der Waals surface area contributed by atoms with Crippen molar-refractivity contribution >= 4 is 17.8 Å². The topological polar surface area (TPSA) is 97.8 Å². The minimum atomic E-state index is -0.816. The van der Waals surface area contributed by atoms with Gasteiger partial charge in [0.15, 0.2) is 0 Å². The van der Waals surface area contributed by atoms with Gasteiger partial charge < -0.3 is 20.6 Å². The summed E-state index contributed by atoms with van der Waals surface area (Å²) in [6.45, 7) is 3.06. The van der Waals surface area contributed by atoms with Crippen LogP contribution in [0.4, 0.5) is 10.6 Å². The average Bonchev–Trinajstić information content (AvgIpc) is 2.54. The Morgan fingerprint density at radius 1 is 1.32 bits per heavy atom. The van der Waals surface area contributed by atoms with Crippen molar-refractivity contribution in [1.82, 2.24) is 20.5 Å². The highest BCUT2D eigenvalue weighted by molar-refractivity contribution is 5.74. The molecule has 25 heavy (non-hydrogen) atoms. The van der Waals surface area contributed by atoms with Crippen molar-refractivity contribution in [2.75, 3.05) is 32.1 Å². The number of urea groups is 1. The molecule has 0 aromatic carbocycles. The molecule has 138 valence electrons. The molecule has 3 N–H and O–H groups in total. The van der Waals surface area contributed by atoms with Crippen LogP contribution in [-0.4, -0.2) is 66.3 Å². The third kappa shape index (κ3) is 5.60. The molecule has 1 aliphatic rings. The van der Waals surface area contributed by atoms with Crippen molar-refractivity contribution in [3.63, 3.8) is 0 Å². The molecule has 0 radical (unpaired) electrons. The highest BCUT2D eigenvalue weighted by Gasteiger charge is 2.34. The number of amides is 2. The molecule has 1 fully saturated rings. The summed E-state index contributed by atoms with van der Waals surface area (Å²) in [5.74, 6) is 0.0306. The van der Waals surface area contributed by atoms with Gasteiger partial charge in [-0.2, -0.15) is 0 Å². The summed E-state index contributed by atoms with van der Waals surface area (Å²) in [5.41, 5.74) is 0.798. The van der Waals surface area contributed by atoms with Gasteiger partial charge in [-0.05, 0) is 31.5 Å². The maximum atomic E-state index is 12.0. The predicted molar refractivity (Wildman–Crippen MR) is 95.6 cm³/mol. The van der Waals surface area contributed by atoms with E-state index < -0.39 is 5.97 Å². The number of carboxylic acid groups (broad SMARTS) is 1. The Balaban J connectivity index is 1.72. The van der Waals surface area contributed by atoms with Crippen LogP contribution in [0, 0.1) is 0 Å². The van der Waals surface area contributed by atoms with Crippen LogP contribution >= 0.6 is 0 Å². The number of nitrogens with one attached hydrogen (secondary N) is 2. The summed E-state index contributed by atoms with van der Waals surface area (Å²) in [6, 6.07) is 5.79. The van der Waals surface area contributed by atoms with Crippen molar-refractivity contribution in [3.05, 3.63) is 23.9 Å². The van der Waals surface area contributed by atoms with E-state index in [1.54, 1.807) is 0 Å². The Labute approximate surface area is 148 Å². The van der Waals surface area contributed by atoms with Gasteiger partial charge in [0.1, 0.15) is 5.82 Å². The largest absolute Gasteiger partial charge is 0.480 e. The van der Waals surface area contributed by atoms with Gasteiger partial charge in [-0.15, -0.1) is 0 Å². The second-order valence-electron chi connectivity index (χ2n) is 6.49. The van der Waals surface area contributed by atoms with Crippen molar-refractivity contribution in [3.8, 4) is 0 Å². The monoisotopic (exact) mass is 349 g/mol. The van der Waals surface area contributed by atoms with E-state index in [0.717, 1.165) is 24.4 Å². The van der Waals surface area contributed by atoms with Crippen LogP contribution in [0.15, 0.2) is 18.2 Å². The SMILES string of the molecule is CCN(CC(=O)O)C1CC(NC(=O)NCc2cccc(N(C)C)n2)C1. The zero-order chi connectivity index (χ0) is 18.4. The normalized spacial score (nSPS) is 19.2. The maximum absolute atomic E-state index is 12.0. The number of hydrogen-bond acceptors (Lipinski definition) is 5. The molecular formula is C17H27N5O3. The summed E-state index contributed by atoms with van der Waals surface area (Å²) >= 11 is 0. The first kappa shape index (κ1) is 19.0. The molecule has 0 unspecified atom stereocenters. The van der Waals surface area contributed by atoms with Crippen molar-refractivity contribution in [2.45, 2.75) is 38.4 Å². The third-order valence-electron chi connectivity index (χ3n) is 4.39. The van der Waals surface area contributed by atoms with Crippen LogP contribution in [-0.2, 0) is 11.3 Å². The molecule has 0 bridgehead atoms. The minimum absolute atomic E-state index is 0.0496. The van der Waals surface area contributed by atoms with E-state index in [2.05, 4.69) is 15.6 Å². The highest BCUT2D eigenvalue weighted by Crippen LogP contribution is 2.25. The van der Waals surface area contributed by atoms with E-state index in [1.807, 2.05) is 49.0 Å². The number of nitrogens with zero attached hydrogens (tertiary/aromatic N) is 3. The number of anilines is 1. The van der Waals surface area contributed by atoms with Gasteiger partial charge in [0.2, 0.25) is 0 Å². The molecule has 0 atom stereocenters. The highest BCUT2D eigenvalue weighted by atomic mass is 16.4. The van der Waals surface area contributed by atoms with E-state index in [1.165, 1.54) is 0 Å². The Bertz CT molecular complexity index is 602. The fourth-order valence-corrected chi connectivity index (χ4v) is 2.90. The molecular weight excluding hydrogens is 322 g/mol. The summed E-state index contributed by atoms with van der Waals surface area (Å²) in [5, 5.41) is 14.6. The lowest BCUT2D eigenvalue weighted by Gasteiger charge is -2.42. The van der Waals surface area contributed by atoms with Crippen LogP contribution in [0.5, 0.6) is 0 Å². The predicted octanol–water partition coefficient (Wildman–Crippen LogP) is 0.884. The number of hydrogen-bond donors (Lipinski definition) is 3. The molecule has 0 saturated heterocycles. The standard InChI is InChI=1S/C17H27N5O3/c1-4-22(11-16(23)24)14-8-13(9-14)20-17(25)18-10-12-6-5-7-15(19-12)21(2)3/h5-7,13-14H,4,8-11H2,1-3H3,(H,23,24)(H2,18,20,25). The molecule has 8 nitrogen and oxygen atoms in total. The molecule has 0 aliphatic heterocycles. The van der Waals surface area contributed by atoms with Gasteiger partial charge in [0, 0.05) is 26.2 Å². The Morgan fingerprint density at radius 3 is 2.64 bits per heavy atom. The zero-order valence-electron chi connectivity index (χ0n) is 15.0. The van der Waals surface area contributed by atoms with E-state index in [4.69, 9.17) is 5.11 Å². The van der Waals surface area contributed by atoms with Crippen molar-refractivity contribution in [1.29, 1.82) is 0 Å². The Hall–Kier alpha value is -2.35. The molecule has 1 aromatic rings. The van der Waals surface area contributed by atoms with Crippen LogP contribution in [0.25, 0.3) is 0 Å². The van der Waals surface area contributed by atoms with E-state index in [0.29, 0.717) is 13.1 Å². The number of carbonyl (C=O) groups excluding carboxylic acids is 1. The number of aliphatic carboxylic acids is 1. The maximum Gasteiger partial charge on any atom is 0.317 e. The van der Waals surface area contributed by atoms with Crippen LogP contribution in [0.3, 0.4) is 0 Å². The lowest BCUT2D eigenvalue weighted by molar-refractivity contribution is -0.139. The minimum Gasteiger partial charge on any atom is -0.480 e. The van der Waals surface area contributed by atoms with Crippen molar-refractivity contribution < 1.29 is 14.7 Å². The lowest BCUT2D eigenvalue weighted by atomic mass is 9.85.